The fraction of sp³-hybridized carbons (Fsp3) is 0.368. The highest BCUT2D eigenvalue weighted by molar-refractivity contribution is 5.86. The van der Waals surface area contributed by atoms with Crippen molar-refractivity contribution in [3.05, 3.63) is 47.7 Å². The van der Waals surface area contributed by atoms with Gasteiger partial charge in [0.25, 0.3) is 0 Å². The topological polar surface area (TPSA) is 92.1 Å². The Balaban J connectivity index is 1.55. The molecule has 3 N–H and O–H groups in total. The van der Waals surface area contributed by atoms with Crippen LogP contribution in [-0.4, -0.2) is 45.3 Å². The fourth-order valence-corrected chi connectivity index (χ4v) is 2.71. The molecule has 0 atom stereocenters. The summed E-state index contributed by atoms with van der Waals surface area (Å²) in [4.78, 5) is 13.0. The van der Waals surface area contributed by atoms with Gasteiger partial charge in [-0.25, -0.2) is 19.4 Å². The maximum absolute atomic E-state index is 13.7. The van der Waals surface area contributed by atoms with Gasteiger partial charge in [-0.15, -0.1) is 0 Å². The molecule has 9 heteroatoms. The molecule has 0 unspecified atom stereocenters. The highest BCUT2D eigenvalue weighted by Gasteiger charge is 2.07. The Kier molecular flexibility index (Phi) is 6.36. The first-order chi connectivity index (χ1) is 13.6. The smallest absolute Gasteiger partial charge is 0.191 e. The number of aromatic nitrogens is 4. The number of guanidine groups is 1. The third kappa shape index (κ3) is 4.73. The van der Waals surface area contributed by atoms with Gasteiger partial charge in [0.1, 0.15) is 18.0 Å². The molecule has 0 saturated heterocycles. The molecule has 148 valence electrons. The molecule has 0 saturated carbocycles. The number of anilines is 1. The zero-order chi connectivity index (χ0) is 19.9. The summed E-state index contributed by atoms with van der Waals surface area (Å²) >= 11 is 0. The van der Waals surface area contributed by atoms with Gasteiger partial charge in [-0.1, -0.05) is 12.1 Å². The van der Waals surface area contributed by atoms with Crippen molar-refractivity contribution in [1.29, 1.82) is 0 Å². The molecule has 3 rings (SSSR count). The highest BCUT2D eigenvalue weighted by atomic mass is 19.1. The van der Waals surface area contributed by atoms with E-state index in [1.54, 1.807) is 23.9 Å². The van der Waals surface area contributed by atoms with Gasteiger partial charge in [-0.2, -0.15) is 5.10 Å². The predicted octanol–water partition coefficient (Wildman–Crippen LogP) is 1.98. The standard InChI is InChI=1S/C19H25FN8/c1-4-21-19(24-10-14-6-5-13(2)16(20)9-14)23-8-7-22-17-15-11-27-28(3)18(15)26-12-25-17/h5-6,9,11-12H,4,7-8,10H2,1-3H3,(H2,21,23,24)(H,22,25,26). The number of rotatable bonds is 7. The second kappa shape index (κ2) is 9.12. The van der Waals surface area contributed by atoms with Crippen molar-refractivity contribution in [1.82, 2.24) is 30.4 Å². The Morgan fingerprint density at radius 3 is 2.86 bits per heavy atom. The van der Waals surface area contributed by atoms with E-state index in [2.05, 4.69) is 36.0 Å². The van der Waals surface area contributed by atoms with Gasteiger partial charge in [-0.3, -0.25) is 4.68 Å². The average molecular weight is 384 g/mol. The van der Waals surface area contributed by atoms with E-state index in [-0.39, 0.29) is 5.82 Å². The van der Waals surface area contributed by atoms with Gasteiger partial charge in [0.2, 0.25) is 0 Å². The van der Waals surface area contributed by atoms with Crippen LogP contribution in [0.1, 0.15) is 18.1 Å². The zero-order valence-corrected chi connectivity index (χ0v) is 16.3. The van der Waals surface area contributed by atoms with Crippen molar-refractivity contribution in [3.8, 4) is 0 Å². The zero-order valence-electron chi connectivity index (χ0n) is 16.3. The average Bonchev–Trinajstić information content (AvgIpc) is 3.07. The lowest BCUT2D eigenvalue weighted by Gasteiger charge is -2.12. The Morgan fingerprint density at radius 1 is 1.21 bits per heavy atom. The van der Waals surface area contributed by atoms with Gasteiger partial charge in [-0.05, 0) is 31.0 Å². The largest absolute Gasteiger partial charge is 0.368 e. The first-order valence-corrected chi connectivity index (χ1v) is 9.22. The quantitative estimate of drug-likeness (QED) is 0.328. The first-order valence-electron chi connectivity index (χ1n) is 9.22. The molecule has 0 aliphatic rings. The molecule has 3 aromatic rings. The molecule has 0 aliphatic carbocycles. The van der Waals surface area contributed by atoms with E-state index in [4.69, 9.17) is 0 Å². The maximum atomic E-state index is 13.7. The number of aryl methyl sites for hydroxylation is 2. The van der Waals surface area contributed by atoms with Crippen molar-refractivity contribution in [2.75, 3.05) is 25.0 Å². The Morgan fingerprint density at radius 2 is 2.07 bits per heavy atom. The molecule has 0 bridgehead atoms. The van der Waals surface area contributed by atoms with Crippen LogP contribution in [0, 0.1) is 12.7 Å². The van der Waals surface area contributed by atoms with Crippen LogP contribution in [0.2, 0.25) is 0 Å². The molecule has 28 heavy (non-hydrogen) atoms. The van der Waals surface area contributed by atoms with Crippen molar-refractivity contribution in [2.24, 2.45) is 12.0 Å². The van der Waals surface area contributed by atoms with Crippen molar-refractivity contribution in [2.45, 2.75) is 20.4 Å². The monoisotopic (exact) mass is 384 g/mol. The van der Waals surface area contributed by atoms with Gasteiger partial charge in [0, 0.05) is 26.7 Å². The number of hydrogen-bond donors (Lipinski definition) is 3. The molecule has 0 amide bonds. The molecule has 0 aliphatic heterocycles. The Labute approximate surface area is 163 Å². The summed E-state index contributed by atoms with van der Waals surface area (Å²) < 4.78 is 15.4. The van der Waals surface area contributed by atoms with Gasteiger partial charge in [0.05, 0.1) is 18.1 Å². The van der Waals surface area contributed by atoms with Crippen LogP contribution in [-0.2, 0) is 13.6 Å². The van der Waals surface area contributed by atoms with Crippen molar-refractivity contribution < 1.29 is 4.39 Å². The van der Waals surface area contributed by atoms with Crippen LogP contribution in [0.25, 0.3) is 11.0 Å². The lowest BCUT2D eigenvalue weighted by Crippen LogP contribution is -2.39. The Bertz CT molecular complexity index is 966. The molecule has 0 fully saturated rings. The first kappa shape index (κ1) is 19.5. The van der Waals surface area contributed by atoms with Crippen LogP contribution in [0.4, 0.5) is 10.2 Å². The normalized spacial score (nSPS) is 11.6. The number of hydrogen-bond acceptors (Lipinski definition) is 5. The van der Waals surface area contributed by atoms with E-state index in [0.29, 0.717) is 31.2 Å². The van der Waals surface area contributed by atoms with E-state index in [0.717, 1.165) is 29.0 Å². The molecule has 0 spiro atoms. The summed E-state index contributed by atoms with van der Waals surface area (Å²) in [5, 5.41) is 14.8. The third-order valence-corrected chi connectivity index (χ3v) is 4.24. The lowest BCUT2D eigenvalue weighted by atomic mass is 10.1. The number of nitrogens with zero attached hydrogens (tertiary/aromatic N) is 5. The number of nitrogens with one attached hydrogen (secondary N) is 3. The summed E-state index contributed by atoms with van der Waals surface area (Å²) in [6, 6.07) is 5.19. The van der Waals surface area contributed by atoms with Crippen LogP contribution < -0.4 is 16.0 Å². The summed E-state index contributed by atoms with van der Waals surface area (Å²) in [6.07, 6.45) is 3.27. The lowest BCUT2D eigenvalue weighted by molar-refractivity contribution is 0.616. The second-order valence-corrected chi connectivity index (χ2v) is 6.36. The van der Waals surface area contributed by atoms with Gasteiger partial charge in [0.15, 0.2) is 11.6 Å². The number of aliphatic imine (C=N–C) groups is 1. The van der Waals surface area contributed by atoms with E-state index < -0.39 is 0 Å². The number of benzene rings is 1. The maximum Gasteiger partial charge on any atom is 0.191 e. The minimum absolute atomic E-state index is 0.207. The minimum Gasteiger partial charge on any atom is -0.368 e. The predicted molar refractivity (Wildman–Crippen MR) is 109 cm³/mol. The SMILES string of the molecule is CCNC(=NCc1ccc(C)c(F)c1)NCCNc1ncnc2c1cnn2C. The van der Waals surface area contributed by atoms with Gasteiger partial charge < -0.3 is 16.0 Å². The Hall–Kier alpha value is -3.23. The van der Waals surface area contributed by atoms with Crippen LogP contribution >= 0.6 is 0 Å². The minimum atomic E-state index is -0.207. The molecule has 2 heterocycles. The van der Waals surface area contributed by atoms with E-state index in [9.17, 15) is 4.39 Å². The molecule has 0 radical (unpaired) electrons. The summed E-state index contributed by atoms with van der Waals surface area (Å²) in [7, 11) is 1.85. The van der Waals surface area contributed by atoms with Crippen molar-refractivity contribution in [3.63, 3.8) is 0 Å². The summed E-state index contributed by atoms with van der Waals surface area (Å²) in [5.41, 5.74) is 2.25. The number of fused-ring (bicyclic) bond motifs is 1. The van der Waals surface area contributed by atoms with Gasteiger partial charge >= 0.3 is 0 Å². The molecule has 2 aromatic heterocycles. The molecule has 1 aromatic carbocycles. The molecular formula is C19H25FN8. The van der Waals surface area contributed by atoms with Crippen LogP contribution in [0.5, 0.6) is 0 Å². The van der Waals surface area contributed by atoms with Crippen LogP contribution in [0.3, 0.4) is 0 Å². The van der Waals surface area contributed by atoms with E-state index in [1.165, 1.54) is 12.4 Å². The molecular weight excluding hydrogens is 359 g/mol. The van der Waals surface area contributed by atoms with Crippen LogP contribution in [0.15, 0.2) is 35.7 Å². The fourth-order valence-electron chi connectivity index (χ4n) is 2.71. The molecule has 8 nitrogen and oxygen atoms in total. The highest BCUT2D eigenvalue weighted by Crippen LogP contribution is 2.17. The number of halogens is 1. The summed E-state index contributed by atoms with van der Waals surface area (Å²) in [6.45, 7) is 6.18. The van der Waals surface area contributed by atoms with E-state index in [1.807, 2.05) is 20.0 Å². The van der Waals surface area contributed by atoms with E-state index >= 15 is 0 Å². The second-order valence-electron chi connectivity index (χ2n) is 6.36. The van der Waals surface area contributed by atoms with Crippen molar-refractivity contribution >= 4 is 22.8 Å². The third-order valence-electron chi connectivity index (χ3n) is 4.24. The summed E-state index contributed by atoms with van der Waals surface area (Å²) in [5.74, 6) is 1.22.